The van der Waals surface area contributed by atoms with Gasteiger partial charge < -0.3 is 15.4 Å². The topological polar surface area (TPSA) is 109 Å². The first-order chi connectivity index (χ1) is 16.3. The first kappa shape index (κ1) is 24.1. The van der Waals surface area contributed by atoms with E-state index in [1.807, 2.05) is 32.0 Å². The molecule has 34 heavy (non-hydrogen) atoms. The highest BCUT2D eigenvalue weighted by Gasteiger charge is 2.12. The number of aryl methyl sites for hydroxylation is 2. The summed E-state index contributed by atoms with van der Waals surface area (Å²) >= 11 is 0. The molecule has 8 nitrogen and oxygen atoms in total. The zero-order valence-electron chi connectivity index (χ0n) is 18.6. The third-order valence-electron chi connectivity index (χ3n) is 4.44. The Kier molecular flexibility index (Phi) is 8.07. The third-order valence-corrected chi connectivity index (χ3v) is 4.44. The van der Waals surface area contributed by atoms with Gasteiger partial charge in [-0.05, 0) is 91.2 Å². The van der Waals surface area contributed by atoms with Crippen LogP contribution in [0.3, 0.4) is 0 Å². The van der Waals surface area contributed by atoms with Crippen molar-refractivity contribution in [2.24, 2.45) is 5.10 Å². The predicted molar refractivity (Wildman–Crippen MR) is 127 cm³/mol. The maximum Gasteiger partial charge on any atom is 0.329 e. The lowest BCUT2D eigenvalue weighted by atomic mass is 10.1. The van der Waals surface area contributed by atoms with E-state index in [0.29, 0.717) is 17.0 Å². The average Bonchev–Trinajstić information content (AvgIpc) is 2.79. The first-order valence-corrected chi connectivity index (χ1v) is 10.3. The van der Waals surface area contributed by atoms with Gasteiger partial charge in [-0.25, -0.2) is 9.82 Å². The van der Waals surface area contributed by atoms with Crippen LogP contribution in [-0.4, -0.2) is 30.5 Å². The maximum atomic E-state index is 12.9. The Morgan fingerprint density at radius 1 is 0.853 bits per heavy atom. The number of nitrogens with one attached hydrogen (secondary N) is 3. The number of halogens is 1. The number of hydrogen-bond acceptors (Lipinski definition) is 5. The number of benzene rings is 3. The fourth-order valence-electron chi connectivity index (χ4n) is 2.98. The Morgan fingerprint density at radius 3 is 2.15 bits per heavy atom. The number of anilines is 2. The van der Waals surface area contributed by atoms with Gasteiger partial charge in [-0.3, -0.25) is 14.4 Å². The molecule has 0 saturated heterocycles. The summed E-state index contributed by atoms with van der Waals surface area (Å²) in [6.45, 7) is 3.76. The third kappa shape index (κ3) is 7.56. The van der Waals surface area contributed by atoms with E-state index in [0.717, 1.165) is 23.3 Å². The second-order valence-corrected chi connectivity index (χ2v) is 7.44. The molecule has 3 aromatic rings. The second-order valence-electron chi connectivity index (χ2n) is 7.44. The summed E-state index contributed by atoms with van der Waals surface area (Å²) in [6, 6.07) is 17.4. The summed E-state index contributed by atoms with van der Waals surface area (Å²) < 4.78 is 18.4. The quantitative estimate of drug-likeness (QED) is 0.283. The minimum absolute atomic E-state index is 0.153. The molecular weight excluding hydrogens is 439 g/mol. The number of nitrogens with zero attached hydrogens (tertiary/aromatic N) is 1. The lowest BCUT2D eigenvalue weighted by Gasteiger charge is -2.09. The fourth-order valence-corrected chi connectivity index (χ4v) is 2.98. The summed E-state index contributed by atoms with van der Waals surface area (Å²) in [5.74, 6) is -2.17. The van der Waals surface area contributed by atoms with Crippen molar-refractivity contribution in [1.29, 1.82) is 0 Å². The highest BCUT2D eigenvalue weighted by molar-refractivity contribution is 6.39. The van der Waals surface area contributed by atoms with Gasteiger partial charge >= 0.3 is 11.8 Å². The molecule has 9 heteroatoms. The molecule has 3 rings (SSSR count). The summed E-state index contributed by atoms with van der Waals surface area (Å²) in [6.07, 6.45) is 1.35. The molecule has 0 aromatic heterocycles. The molecule has 0 saturated carbocycles. The van der Waals surface area contributed by atoms with Gasteiger partial charge in [0, 0.05) is 11.4 Å². The van der Waals surface area contributed by atoms with E-state index >= 15 is 0 Å². The molecule has 0 aliphatic carbocycles. The SMILES string of the molecule is Cc1cc(C)cc(NC(=O)COc2ccc(/C=N\NC(=O)C(=O)Nc3ccc(F)cc3)cc2)c1. The number of carbonyl (C=O) groups excluding carboxylic acids is 3. The van der Waals surface area contributed by atoms with E-state index in [-0.39, 0.29) is 18.2 Å². The maximum absolute atomic E-state index is 12.9. The van der Waals surface area contributed by atoms with Crippen LogP contribution in [0.25, 0.3) is 0 Å². The minimum Gasteiger partial charge on any atom is -0.484 e. The largest absolute Gasteiger partial charge is 0.484 e. The Bertz CT molecular complexity index is 1190. The molecule has 3 amide bonds. The van der Waals surface area contributed by atoms with Crippen LogP contribution in [0.4, 0.5) is 15.8 Å². The number of amides is 3. The van der Waals surface area contributed by atoms with Crippen LogP contribution in [0.2, 0.25) is 0 Å². The number of hydrazone groups is 1. The van der Waals surface area contributed by atoms with Crippen molar-refractivity contribution in [3.05, 3.63) is 89.2 Å². The van der Waals surface area contributed by atoms with Crippen LogP contribution in [-0.2, 0) is 14.4 Å². The average molecular weight is 462 g/mol. The highest BCUT2D eigenvalue weighted by atomic mass is 19.1. The lowest BCUT2D eigenvalue weighted by molar-refractivity contribution is -0.136. The van der Waals surface area contributed by atoms with Gasteiger partial charge in [-0.2, -0.15) is 5.10 Å². The molecule has 3 N–H and O–H groups in total. The van der Waals surface area contributed by atoms with E-state index in [2.05, 4.69) is 21.2 Å². The highest BCUT2D eigenvalue weighted by Crippen LogP contribution is 2.15. The normalized spacial score (nSPS) is 10.6. The van der Waals surface area contributed by atoms with E-state index in [1.54, 1.807) is 24.3 Å². The van der Waals surface area contributed by atoms with Gasteiger partial charge in [0.15, 0.2) is 6.61 Å². The van der Waals surface area contributed by atoms with Crippen molar-refractivity contribution in [2.75, 3.05) is 17.2 Å². The van der Waals surface area contributed by atoms with Gasteiger partial charge in [0.25, 0.3) is 5.91 Å². The first-order valence-electron chi connectivity index (χ1n) is 10.3. The molecule has 0 heterocycles. The summed E-state index contributed by atoms with van der Waals surface area (Å²) in [4.78, 5) is 35.7. The molecule has 0 aliphatic heterocycles. The molecule has 174 valence electrons. The monoisotopic (exact) mass is 462 g/mol. The van der Waals surface area contributed by atoms with Gasteiger partial charge in [-0.1, -0.05) is 6.07 Å². The van der Waals surface area contributed by atoms with Gasteiger partial charge in [0.1, 0.15) is 11.6 Å². The van der Waals surface area contributed by atoms with Crippen molar-refractivity contribution in [2.45, 2.75) is 13.8 Å². The molecule has 3 aromatic carbocycles. The van der Waals surface area contributed by atoms with Crippen LogP contribution in [0.15, 0.2) is 71.8 Å². The molecule has 0 bridgehead atoms. The summed E-state index contributed by atoms with van der Waals surface area (Å²) in [7, 11) is 0. The Hall–Kier alpha value is -4.53. The number of hydrogen-bond donors (Lipinski definition) is 3. The van der Waals surface area contributed by atoms with Crippen molar-refractivity contribution in [3.63, 3.8) is 0 Å². The van der Waals surface area contributed by atoms with Crippen LogP contribution in [0.1, 0.15) is 16.7 Å². The van der Waals surface area contributed by atoms with Gasteiger partial charge in [-0.15, -0.1) is 0 Å². The molecule has 0 radical (unpaired) electrons. The van der Waals surface area contributed by atoms with Crippen LogP contribution in [0, 0.1) is 19.7 Å². The smallest absolute Gasteiger partial charge is 0.329 e. The van der Waals surface area contributed by atoms with Crippen molar-refractivity contribution >= 4 is 35.3 Å². The molecule has 0 unspecified atom stereocenters. The molecule has 0 spiro atoms. The number of rotatable bonds is 7. The zero-order chi connectivity index (χ0) is 24.5. The zero-order valence-corrected chi connectivity index (χ0v) is 18.6. The molecule has 0 aliphatic rings. The van der Waals surface area contributed by atoms with E-state index < -0.39 is 17.6 Å². The lowest BCUT2D eigenvalue weighted by Crippen LogP contribution is -2.32. The van der Waals surface area contributed by atoms with E-state index in [4.69, 9.17) is 4.74 Å². The molecule has 0 atom stereocenters. The van der Waals surface area contributed by atoms with E-state index in [1.165, 1.54) is 18.3 Å². The fraction of sp³-hybridized carbons (Fsp3) is 0.120. The van der Waals surface area contributed by atoms with Crippen molar-refractivity contribution in [1.82, 2.24) is 5.43 Å². The second kappa shape index (κ2) is 11.4. The Balaban J connectivity index is 1.43. The van der Waals surface area contributed by atoms with E-state index in [9.17, 15) is 18.8 Å². The number of carbonyl (C=O) groups is 3. The summed E-state index contributed by atoms with van der Waals surface area (Å²) in [5.41, 5.74) is 5.84. The predicted octanol–water partition coefficient (Wildman–Crippen LogP) is 3.55. The minimum atomic E-state index is -0.977. The number of ether oxygens (including phenoxy) is 1. The van der Waals surface area contributed by atoms with Crippen LogP contribution < -0.4 is 20.8 Å². The standard InChI is InChI=1S/C25H23FN4O4/c1-16-11-17(2)13-21(12-16)28-23(31)15-34-22-9-3-18(4-10-22)14-27-30-25(33)24(32)29-20-7-5-19(26)6-8-20/h3-14H,15H2,1-2H3,(H,28,31)(H,29,32)(H,30,33)/b27-14-. The Morgan fingerprint density at radius 2 is 1.50 bits per heavy atom. The van der Waals surface area contributed by atoms with Crippen molar-refractivity contribution in [3.8, 4) is 5.75 Å². The van der Waals surface area contributed by atoms with Crippen LogP contribution >= 0.6 is 0 Å². The van der Waals surface area contributed by atoms with Crippen LogP contribution in [0.5, 0.6) is 5.75 Å². The van der Waals surface area contributed by atoms with Gasteiger partial charge in [0.2, 0.25) is 0 Å². The molecule has 0 fully saturated rings. The Labute approximate surface area is 195 Å². The molecular formula is C25H23FN4O4. The van der Waals surface area contributed by atoms with Gasteiger partial charge in [0.05, 0.1) is 6.21 Å². The summed E-state index contributed by atoms with van der Waals surface area (Å²) in [5, 5.41) is 8.86. The van der Waals surface area contributed by atoms with Crippen molar-refractivity contribution < 1.29 is 23.5 Å².